The summed E-state index contributed by atoms with van der Waals surface area (Å²) in [6, 6.07) is 6.95. The minimum Gasteiger partial charge on any atom is -0.394 e. The van der Waals surface area contributed by atoms with Gasteiger partial charge in [0.15, 0.2) is 11.6 Å². The van der Waals surface area contributed by atoms with E-state index in [2.05, 4.69) is 4.98 Å². The number of hydrogen-bond acceptors (Lipinski definition) is 5. The standard InChI is InChI=1S/C24H26ClFN2O4/c1-14-6-17(25)5-4-16(14)7-20-19(22(31)12-32-11-15-2-3-15)8-21-24(23(20)26)28(13-27-21)9-18(30)10-29/h4-6,8,13,15,18,29-30H,2-3,7,9-12H2,1H3. The van der Waals surface area contributed by atoms with E-state index >= 15 is 4.39 Å². The van der Waals surface area contributed by atoms with Crippen LogP contribution in [-0.2, 0) is 17.7 Å². The Morgan fingerprint density at radius 2 is 2.16 bits per heavy atom. The van der Waals surface area contributed by atoms with Crippen LogP contribution in [0.3, 0.4) is 0 Å². The number of aliphatic hydroxyl groups excluding tert-OH is 2. The number of rotatable bonds is 10. The van der Waals surface area contributed by atoms with Gasteiger partial charge in [0.2, 0.25) is 0 Å². The average molecular weight is 461 g/mol. The molecule has 3 aromatic rings. The molecule has 0 bridgehead atoms. The van der Waals surface area contributed by atoms with Crippen LogP contribution in [0.25, 0.3) is 11.0 Å². The number of hydrogen-bond donors (Lipinski definition) is 2. The first-order valence-electron chi connectivity index (χ1n) is 10.7. The number of halogens is 2. The number of imidazole rings is 1. The summed E-state index contributed by atoms with van der Waals surface area (Å²) in [5.74, 6) is -0.338. The van der Waals surface area contributed by atoms with E-state index in [1.807, 2.05) is 13.0 Å². The van der Waals surface area contributed by atoms with Crippen LogP contribution >= 0.6 is 11.6 Å². The highest BCUT2D eigenvalue weighted by Crippen LogP contribution is 2.30. The van der Waals surface area contributed by atoms with E-state index in [-0.39, 0.29) is 42.0 Å². The maximum absolute atomic E-state index is 15.9. The third-order valence-corrected chi connectivity index (χ3v) is 6.05. The van der Waals surface area contributed by atoms with Crippen LogP contribution in [0.5, 0.6) is 0 Å². The van der Waals surface area contributed by atoms with Crippen LogP contribution in [0, 0.1) is 18.7 Å². The van der Waals surface area contributed by atoms with Crippen LogP contribution in [0.4, 0.5) is 4.39 Å². The number of ketones is 1. The molecule has 1 aromatic heterocycles. The van der Waals surface area contributed by atoms with Crippen molar-refractivity contribution in [3.8, 4) is 0 Å². The second-order valence-electron chi connectivity index (χ2n) is 8.45. The predicted molar refractivity (Wildman–Crippen MR) is 120 cm³/mol. The lowest BCUT2D eigenvalue weighted by Crippen LogP contribution is -2.20. The number of fused-ring (bicyclic) bond motifs is 1. The van der Waals surface area contributed by atoms with E-state index < -0.39 is 18.5 Å². The summed E-state index contributed by atoms with van der Waals surface area (Å²) in [5.41, 5.74) is 2.74. The van der Waals surface area contributed by atoms with Gasteiger partial charge in [0.25, 0.3) is 0 Å². The maximum atomic E-state index is 15.9. The quantitative estimate of drug-likeness (QED) is 0.451. The molecule has 1 heterocycles. The number of ether oxygens (including phenoxy) is 1. The number of Topliss-reactive ketones (excluding diaryl/α,β-unsaturated/α-hetero) is 1. The molecule has 0 amide bonds. The molecule has 6 nitrogen and oxygen atoms in total. The van der Waals surface area contributed by atoms with Crippen molar-refractivity contribution >= 4 is 28.4 Å². The number of aryl methyl sites for hydroxylation is 1. The van der Waals surface area contributed by atoms with Gasteiger partial charge < -0.3 is 19.5 Å². The van der Waals surface area contributed by atoms with Gasteiger partial charge in [0, 0.05) is 22.6 Å². The number of carbonyl (C=O) groups excluding carboxylic acids is 1. The SMILES string of the molecule is Cc1cc(Cl)ccc1Cc1c(C(=O)COCC2CC2)cc2ncn(CC(O)CO)c2c1F. The summed E-state index contributed by atoms with van der Waals surface area (Å²) >= 11 is 6.07. The number of carbonyl (C=O) groups is 1. The zero-order chi connectivity index (χ0) is 22.8. The monoisotopic (exact) mass is 460 g/mol. The maximum Gasteiger partial charge on any atom is 0.188 e. The first kappa shape index (κ1) is 22.9. The molecule has 0 aliphatic heterocycles. The molecule has 1 fully saturated rings. The van der Waals surface area contributed by atoms with E-state index in [1.165, 1.54) is 10.9 Å². The normalized spacial score (nSPS) is 14.8. The lowest BCUT2D eigenvalue weighted by atomic mass is 9.94. The van der Waals surface area contributed by atoms with Gasteiger partial charge in [-0.2, -0.15) is 0 Å². The molecule has 4 rings (SSSR count). The molecule has 1 aliphatic rings. The molecule has 0 radical (unpaired) electrons. The highest BCUT2D eigenvalue weighted by Gasteiger charge is 2.25. The van der Waals surface area contributed by atoms with Gasteiger partial charge in [0.1, 0.15) is 12.1 Å². The largest absolute Gasteiger partial charge is 0.394 e. The lowest BCUT2D eigenvalue weighted by Gasteiger charge is -2.15. The highest BCUT2D eigenvalue weighted by molar-refractivity contribution is 6.30. The Morgan fingerprint density at radius 1 is 1.38 bits per heavy atom. The fraction of sp³-hybridized carbons (Fsp3) is 0.417. The second-order valence-corrected chi connectivity index (χ2v) is 8.88. The molecule has 1 aliphatic carbocycles. The van der Waals surface area contributed by atoms with E-state index in [0.29, 0.717) is 23.1 Å². The molecule has 1 unspecified atom stereocenters. The summed E-state index contributed by atoms with van der Waals surface area (Å²) in [4.78, 5) is 17.2. The molecule has 0 saturated heterocycles. The van der Waals surface area contributed by atoms with Gasteiger partial charge in [0.05, 0.1) is 37.7 Å². The summed E-state index contributed by atoms with van der Waals surface area (Å²) in [7, 11) is 0. The van der Waals surface area contributed by atoms with Gasteiger partial charge in [-0.15, -0.1) is 0 Å². The van der Waals surface area contributed by atoms with Gasteiger partial charge in [-0.3, -0.25) is 4.79 Å². The third-order valence-electron chi connectivity index (χ3n) is 5.82. The molecule has 2 aromatic carbocycles. The smallest absolute Gasteiger partial charge is 0.188 e. The first-order valence-corrected chi connectivity index (χ1v) is 11.1. The summed E-state index contributed by atoms with van der Waals surface area (Å²) in [5, 5.41) is 19.6. The number of benzene rings is 2. The van der Waals surface area contributed by atoms with Gasteiger partial charge in [-0.05, 0) is 55.0 Å². The van der Waals surface area contributed by atoms with Crippen molar-refractivity contribution in [1.82, 2.24) is 9.55 Å². The Labute approximate surface area is 190 Å². The van der Waals surface area contributed by atoms with Crippen molar-refractivity contribution in [1.29, 1.82) is 0 Å². The molecular weight excluding hydrogens is 435 g/mol. The fourth-order valence-electron chi connectivity index (χ4n) is 3.80. The summed E-state index contributed by atoms with van der Waals surface area (Å²) in [6.45, 7) is 1.85. The van der Waals surface area contributed by atoms with E-state index in [4.69, 9.17) is 16.3 Å². The third kappa shape index (κ3) is 5.02. The van der Waals surface area contributed by atoms with Crippen molar-refractivity contribution in [2.75, 3.05) is 19.8 Å². The zero-order valence-corrected chi connectivity index (χ0v) is 18.6. The molecular formula is C24H26ClFN2O4. The number of aliphatic hydroxyl groups is 2. The topological polar surface area (TPSA) is 84.6 Å². The van der Waals surface area contributed by atoms with Crippen molar-refractivity contribution in [2.45, 2.75) is 38.8 Å². The Balaban J connectivity index is 1.75. The number of nitrogens with zero attached hydrogens (tertiary/aromatic N) is 2. The van der Waals surface area contributed by atoms with Gasteiger partial charge >= 0.3 is 0 Å². The van der Waals surface area contributed by atoms with Gasteiger partial charge in [-0.1, -0.05) is 17.7 Å². The van der Waals surface area contributed by atoms with Crippen molar-refractivity contribution in [2.24, 2.45) is 5.92 Å². The fourth-order valence-corrected chi connectivity index (χ4v) is 4.03. The van der Waals surface area contributed by atoms with E-state index in [1.54, 1.807) is 18.2 Å². The predicted octanol–water partition coefficient (Wildman–Crippen LogP) is 3.69. The van der Waals surface area contributed by atoms with Crippen LogP contribution in [0.2, 0.25) is 5.02 Å². The lowest BCUT2D eigenvalue weighted by molar-refractivity contribution is 0.0738. The number of aromatic nitrogens is 2. The van der Waals surface area contributed by atoms with E-state index in [9.17, 15) is 15.0 Å². The van der Waals surface area contributed by atoms with Gasteiger partial charge in [-0.25, -0.2) is 9.37 Å². The molecule has 2 N–H and O–H groups in total. The van der Waals surface area contributed by atoms with Crippen LogP contribution in [0.1, 0.15) is 39.9 Å². The Bertz CT molecular complexity index is 1140. The van der Waals surface area contributed by atoms with E-state index in [0.717, 1.165) is 24.0 Å². The molecule has 1 atom stereocenters. The Morgan fingerprint density at radius 3 is 2.84 bits per heavy atom. The molecule has 0 spiro atoms. The second kappa shape index (κ2) is 9.67. The summed E-state index contributed by atoms with van der Waals surface area (Å²) < 4.78 is 22.9. The van der Waals surface area contributed by atoms with Crippen LogP contribution in [-0.4, -0.2) is 51.5 Å². The minimum atomic E-state index is -1.05. The molecule has 1 saturated carbocycles. The highest BCUT2D eigenvalue weighted by atomic mass is 35.5. The minimum absolute atomic E-state index is 0.0128. The zero-order valence-electron chi connectivity index (χ0n) is 17.9. The Hall–Kier alpha value is -2.32. The molecule has 8 heteroatoms. The molecule has 32 heavy (non-hydrogen) atoms. The van der Waals surface area contributed by atoms with Crippen LogP contribution in [0.15, 0.2) is 30.6 Å². The van der Waals surface area contributed by atoms with Crippen molar-refractivity contribution < 1.29 is 24.1 Å². The average Bonchev–Trinajstić information content (AvgIpc) is 3.50. The summed E-state index contributed by atoms with van der Waals surface area (Å²) in [6.07, 6.45) is 2.79. The van der Waals surface area contributed by atoms with Crippen molar-refractivity contribution in [3.05, 3.63) is 63.7 Å². The van der Waals surface area contributed by atoms with Crippen LogP contribution < -0.4 is 0 Å². The first-order chi connectivity index (χ1) is 15.4. The Kier molecular flexibility index (Phi) is 6.90. The molecule has 170 valence electrons. The van der Waals surface area contributed by atoms with Crippen molar-refractivity contribution in [3.63, 3.8) is 0 Å².